The molecule has 0 saturated heterocycles. The number of carbonyl (C=O) groups is 1. The maximum atomic E-state index is 13.4. The standard InChI is InChI=1S/C11H13ClFNO2/c1-11(2,3)16-9(15)6-8-10(13)7(12)4-5-14-8/h4-5H,6H2,1-3H3. The third kappa shape index (κ3) is 3.77. The van der Waals surface area contributed by atoms with Crippen molar-refractivity contribution in [3.05, 3.63) is 28.8 Å². The van der Waals surface area contributed by atoms with Gasteiger partial charge in [0.05, 0.1) is 17.1 Å². The predicted octanol–water partition coefficient (Wildman–Crippen LogP) is 2.76. The molecule has 0 aliphatic heterocycles. The zero-order valence-electron chi connectivity index (χ0n) is 9.38. The molecule has 0 radical (unpaired) electrons. The first-order chi connectivity index (χ1) is 7.29. The molecule has 5 heteroatoms. The SMILES string of the molecule is CC(C)(C)OC(=O)Cc1nccc(Cl)c1F. The van der Waals surface area contributed by atoms with Gasteiger partial charge in [-0.1, -0.05) is 11.6 Å². The number of carbonyl (C=O) groups excluding carboxylic acids is 1. The van der Waals surface area contributed by atoms with Gasteiger partial charge in [-0.25, -0.2) is 4.39 Å². The summed E-state index contributed by atoms with van der Waals surface area (Å²) < 4.78 is 18.4. The third-order valence-electron chi connectivity index (χ3n) is 1.65. The number of rotatable bonds is 2. The first-order valence-electron chi connectivity index (χ1n) is 4.80. The van der Waals surface area contributed by atoms with E-state index in [1.54, 1.807) is 20.8 Å². The Balaban J connectivity index is 2.74. The van der Waals surface area contributed by atoms with Crippen molar-refractivity contribution in [1.29, 1.82) is 0 Å². The molecular weight excluding hydrogens is 233 g/mol. The Morgan fingerprint density at radius 1 is 1.56 bits per heavy atom. The molecule has 0 amide bonds. The van der Waals surface area contributed by atoms with Crippen LogP contribution < -0.4 is 0 Å². The lowest BCUT2D eigenvalue weighted by Crippen LogP contribution is -2.25. The Labute approximate surface area is 98.6 Å². The molecule has 1 rings (SSSR count). The van der Waals surface area contributed by atoms with Gasteiger partial charge in [0.1, 0.15) is 5.60 Å². The van der Waals surface area contributed by atoms with E-state index in [0.29, 0.717) is 0 Å². The van der Waals surface area contributed by atoms with Crippen LogP contribution in [0.1, 0.15) is 26.5 Å². The summed E-state index contributed by atoms with van der Waals surface area (Å²) in [6, 6.07) is 1.33. The Kier molecular flexibility index (Phi) is 3.86. The van der Waals surface area contributed by atoms with Crippen LogP contribution in [0.3, 0.4) is 0 Å². The van der Waals surface area contributed by atoms with Gasteiger partial charge in [0, 0.05) is 6.20 Å². The molecule has 16 heavy (non-hydrogen) atoms. The third-order valence-corrected chi connectivity index (χ3v) is 1.94. The number of nitrogens with zero attached hydrogens (tertiary/aromatic N) is 1. The molecule has 0 aliphatic rings. The van der Waals surface area contributed by atoms with E-state index in [4.69, 9.17) is 16.3 Å². The van der Waals surface area contributed by atoms with E-state index in [-0.39, 0.29) is 17.1 Å². The summed E-state index contributed by atoms with van der Waals surface area (Å²) in [7, 11) is 0. The Morgan fingerprint density at radius 3 is 2.75 bits per heavy atom. The number of esters is 1. The van der Waals surface area contributed by atoms with Gasteiger partial charge in [0.25, 0.3) is 0 Å². The van der Waals surface area contributed by atoms with E-state index in [1.165, 1.54) is 12.3 Å². The largest absolute Gasteiger partial charge is 0.460 e. The van der Waals surface area contributed by atoms with Gasteiger partial charge in [0.2, 0.25) is 0 Å². The second kappa shape index (κ2) is 4.78. The monoisotopic (exact) mass is 245 g/mol. The number of hydrogen-bond donors (Lipinski definition) is 0. The molecule has 1 aromatic rings. The van der Waals surface area contributed by atoms with Gasteiger partial charge in [0.15, 0.2) is 5.82 Å². The summed E-state index contributed by atoms with van der Waals surface area (Å²) in [5.41, 5.74) is -0.590. The molecule has 0 bridgehead atoms. The van der Waals surface area contributed by atoms with Crippen LogP contribution in [0, 0.1) is 5.82 Å². The highest BCUT2D eigenvalue weighted by Crippen LogP contribution is 2.17. The normalized spacial score (nSPS) is 11.3. The van der Waals surface area contributed by atoms with Crippen LogP contribution in [0.25, 0.3) is 0 Å². The van der Waals surface area contributed by atoms with Crippen molar-refractivity contribution < 1.29 is 13.9 Å². The van der Waals surface area contributed by atoms with E-state index in [1.807, 2.05) is 0 Å². The predicted molar refractivity (Wildman–Crippen MR) is 58.8 cm³/mol. The van der Waals surface area contributed by atoms with Crippen molar-refractivity contribution in [2.24, 2.45) is 0 Å². The fourth-order valence-corrected chi connectivity index (χ4v) is 1.26. The van der Waals surface area contributed by atoms with Crippen molar-refractivity contribution in [2.45, 2.75) is 32.8 Å². The van der Waals surface area contributed by atoms with Crippen LogP contribution in [-0.2, 0) is 16.0 Å². The Bertz CT molecular complexity index is 401. The van der Waals surface area contributed by atoms with Crippen molar-refractivity contribution in [1.82, 2.24) is 4.98 Å². The van der Waals surface area contributed by atoms with E-state index in [9.17, 15) is 9.18 Å². The topological polar surface area (TPSA) is 39.2 Å². The van der Waals surface area contributed by atoms with Crippen molar-refractivity contribution in [3.8, 4) is 0 Å². The van der Waals surface area contributed by atoms with Crippen LogP contribution >= 0.6 is 11.6 Å². The molecule has 3 nitrogen and oxygen atoms in total. The van der Waals surface area contributed by atoms with E-state index in [2.05, 4.69) is 4.98 Å². The maximum absolute atomic E-state index is 13.4. The number of halogens is 2. The molecule has 0 aliphatic carbocycles. The molecule has 0 spiro atoms. The highest BCUT2D eigenvalue weighted by Gasteiger charge is 2.19. The van der Waals surface area contributed by atoms with Crippen LogP contribution in [0.2, 0.25) is 5.02 Å². The molecular formula is C11H13ClFNO2. The molecule has 0 saturated carbocycles. The molecule has 0 unspecified atom stereocenters. The minimum absolute atomic E-state index is 0.00162. The number of aromatic nitrogens is 1. The van der Waals surface area contributed by atoms with Gasteiger partial charge in [-0.2, -0.15) is 0 Å². The second-order valence-electron chi connectivity index (χ2n) is 4.32. The Morgan fingerprint density at radius 2 is 2.19 bits per heavy atom. The summed E-state index contributed by atoms with van der Waals surface area (Å²) in [5.74, 6) is -1.20. The lowest BCUT2D eigenvalue weighted by atomic mass is 10.2. The zero-order valence-corrected chi connectivity index (χ0v) is 10.1. The molecule has 0 atom stereocenters. The average Bonchev–Trinajstić information content (AvgIpc) is 2.09. The van der Waals surface area contributed by atoms with Crippen LogP contribution in [0.5, 0.6) is 0 Å². The van der Waals surface area contributed by atoms with Crippen molar-refractivity contribution in [2.75, 3.05) is 0 Å². The van der Waals surface area contributed by atoms with Crippen LogP contribution in [0.4, 0.5) is 4.39 Å². The fourth-order valence-electron chi connectivity index (χ4n) is 1.10. The Hall–Kier alpha value is -1.16. The van der Waals surface area contributed by atoms with Crippen LogP contribution in [0.15, 0.2) is 12.3 Å². The molecule has 88 valence electrons. The summed E-state index contributed by atoms with van der Waals surface area (Å²) in [4.78, 5) is 15.2. The van der Waals surface area contributed by atoms with Gasteiger partial charge >= 0.3 is 5.97 Å². The maximum Gasteiger partial charge on any atom is 0.312 e. The van der Waals surface area contributed by atoms with Gasteiger partial charge < -0.3 is 4.74 Å². The molecule has 0 fully saturated rings. The fraction of sp³-hybridized carbons (Fsp3) is 0.455. The lowest BCUT2D eigenvalue weighted by molar-refractivity contribution is -0.154. The van der Waals surface area contributed by atoms with Gasteiger partial charge in [-0.05, 0) is 26.8 Å². The first kappa shape index (κ1) is 12.9. The lowest BCUT2D eigenvalue weighted by Gasteiger charge is -2.19. The molecule has 1 heterocycles. The minimum atomic E-state index is -0.671. The molecule has 1 aromatic heterocycles. The summed E-state index contributed by atoms with van der Waals surface area (Å²) in [6.07, 6.45) is 1.13. The summed E-state index contributed by atoms with van der Waals surface area (Å²) in [6.45, 7) is 5.23. The van der Waals surface area contributed by atoms with Crippen LogP contribution in [-0.4, -0.2) is 16.6 Å². The van der Waals surface area contributed by atoms with Crippen molar-refractivity contribution >= 4 is 17.6 Å². The smallest absolute Gasteiger partial charge is 0.312 e. The average molecular weight is 246 g/mol. The summed E-state index contributed by atoms with van der Waals surface area (Å²) in [5, 5.41) is -0.0476. The number of ether oxygens (including phenoxy) is 1. The molecule has 0 aromatic carbocycles. The minimum Gasteiger partial charge on any atom is -0.460 e. The van der Waals surface area contributed by atoms with E-state index < -0.39 is 17.4 Å². The highest BCUT2D eigenvalue weighted by atomic mass is 35.5. The van der Waals surface area contributed by atoms with E-state index in [0.717, 1.165) is 0 Å². The number of pyridine rings is 1. The van der Waals surface area contributed by atoms with E-state index >= 15 is 0 Å². The van der Waals surface area contributed by atoms with Crippen molar-refractivity contribution in [3.63, 3.8) is 0 Å². The first-order valence-corrected chi connectivity index (χ1v) is 5.18. The quantitative estimate of drug-likeness (QED) is 0.752. The zero-order chi connectivity index (χ0) is 12.3. The second-order valence-corrected chi connectivity index (χ2v) is 4.72. The van der Waals surface area contributed by atoms with Gasteiger partial charge in [-0.3, -0.25) is 9.78 Å². The molecule has 0 N–H and O–H groups in total. The number of hydrogen-bond acceptors (Lipinski definition) is 3. The highest BCUT2D eigenvalue weighted by molar-refractivity contribution is 6.30. The summed E-state index contributed by atoms with van der Waals surface area (Å²) >= 11 is 5.56. The van der Waals surface area contributed by atoms with Gasteiger partial charge in [-0.15, -0.1) is 0 Å².